The molecular formula is C18H24ClN3O. The van der Waals surface area contributed by atoms with Crippen molar-refractivity contribution in [3.05, 3.63) is 34.5 Å². The summed E-state index contributed by atoms with van der Waals surface area (Å²) in [5, 5.41) is 4.93. The average molecular weight is 334 g/mol. The summed E-state index contributed by atoms with van der Waals surface area (Å²) in [5.74, 6) is 0.601. The number of amides is 1. The number of carbonyl (C=O) groups excluding carboxylic acids is 1. The number of aromatic nitrogens is 1. The molecule has 0 spiro atoms. The molecule has 124 valence electrons. The second kappa shape index (κ2) is 6.93. The Labute approximate surface area is 142 Å². The molecule has 1 aromatic carbocycles. The maximum Gasteiger partial charge on any atom is 0.216 e. The molecular weight excluding hydrogens is 310 g/mol. The Morgan fingerprint density at radius 1 is 1.48 bits per heavy atom. The maximum atomic E-state index is 11.1. The van der Waals surface area contributed by atoms with Gasteiger partial charge >= 0.3 is 0 Å². The van der Waals surface area contributed by atoms with E-state index in [0.29, 0.717) is 5.92 Å². The first-order valence-corrected chi connectivity index (χ1v) is 8.65. The van der Waals surface area contributed by atoms with Gasteiger partial charge in [-0.25, -0.2) is 0 Å². The number of benzene rings is 1. The molecule has 1 saturated heterocycles. The number of aromatic amines is 1. The highest BCUT2D eigenvalue weighted by atomic mass is 35.5. The lowest BCUT2D eigenvalue weighted by molar-refractivity contribution is -0.119. The normalized spacial score (nSPS) is 19.2. The van der Waals surface area contributed by atoms with Crippen LogP contribution in [0.3, 0.4) is 0 Å². The number of carbonyl (C=O) groups is 1. The Balaban J connectivity index is 1.70. The molecule has 1 fully saturated rings. The Morgan fingerprint density at radius 2 is 2.30 bits per heavy atom. The maximum absolute atomic E-state index is 11.1. The van der Waals surface area contributed by atoms with Crippen LogP contribution in [0.1, 0.15) is 31.0 Å². The van der Waals surface area contributed by atoms with Crippen LogP contribution in [0.15, 0.2) is 18.2 Å². The van der Waals surface area contributed by atoms with Gasteiger partial charge in [0.2, 0.25) is 5.91 Å². The second-order valence-electron chi connectivity index (χ2n) is 6.57. The first-order chi connectivity index (χ1) is 11.0. The van der Waals surface area contributed by atoms with Crippen LogP contribution in [0.2, 0.25) is 5.02 Å². The highest BCUT2D eigenvalue weighted by molar-refractivity contribution is 6.35. The molecule has 2 aromatic rings. The monoisotopic (exact) mass is 333 g/mol. The fourth-order valence-corrected chi connectivity index (χ4v) is 3.72. The number of para-hydroxylation sites is 1. The highest BCUT2D eigenvalue weighted by Gasteiger charge is 2.21. The molecule has 2 N–H and O–H groups in total. The van der Waals surface area contributed by atoms with Crippen molar-refractivity contribution in [1.82, 2.24) is 15.2 Å². The molecule has 1 aliphatic rings. The van der Waals surface area contributed by atoms with Gasteiger partial charge in [0.15, 0.2) is 0 Å². The average Bonchev–Trinajstić information content (AvgIpc) is 2.84. The zero-order valence-electron chi connectivity index (χ0n) is 13.8. The largest absolute Gasteiger partial charge is 0.356 e. The highest BCUT2D eigenvalue weighted by Crippen LogP contribution is 2.29. The van der Waals surface area contributed by atoms with Crippen molar-refractivity contribution in [3.63, 3.8) is 0 Å². The molecule has 0 radical (unpaired) electrons. The van der Waals surface area contributed by atoms with Crippen molar-refractivity contribution >= 4 is 28.4 Å². The van der Waals surface area contributed by atoms with E-state index in [4.69, 9.17) is 11.6 Å². The lowest BCUT2D eigenvalue weighted by Gasteiger charge is -2.32. The van der Waals surface area contributed by atoms with E-state index in [1.165, 1.54) is 29.5 Å². The van der Waals surface area contributed by atoms with Crippen LogP contribution >= 0.6 is 11.6 Å². The number of fused-ring (bicyclic) bond motifs is 1. The number of nitrogens with one attached hydrogen (secondary N) is 2. The quantitative estimate of drug-likeness (QED) is 0.900. The molecule has 1 amide bonds. The van der Waals surface area contributed by atoms with Crippen LogP contribution in [0.5, 0.6) is 0 Å². The number of likely N-dealkylation sites (tertiary alicyclic amines) is 1. The van der Waals surface area contributed by atoms with Gasteiger partial charge in [-0.2, -0.15) is 0 Å². The first-order valence-electron chi connectivity index (χ1n) is 8.27. The van der Waals surface area contributed by atoms with Crippen molar-refractivity contribution in [3.8, 4) is 0 Å². The van der Waals surface area contributed by atoms with Crippen LogP contribution in [0.25, 0.3) is 10.9 Å². The molecule has 0 saturated carbocycles. The number of hydrogen-bond donors (Lipinski definition) is 2. The van der Waals surface area contributed by atoms with Gasteiger partial charge in [-0.1, -0.05) is 23.7 Å². The van der Waals surface area contributed by atoms with Gasteiger partial charge in [0, 0.05) is 37.6 Å². The van der Waals surface area contributed by atoms with Crippen molar-refractivity contribution in [1.29, 1.82) is 0 Å². The number of aryl methyl sites for hydroxylation is 1. The third-order valence-electron chi connectivity index (χ3n) is 4.77. The number of piperidine rings is 1. The minimum absolute atomic E-state index is 0.0585. The SMILES string of the molecule is CC(=O)NC[C@@H]1CCCN(Cc2[nH]c3c(Cl)cccc3c2C)C1. The molecule has 23 heavy (non-hydrogen) atoms. The van der Waals surface area contributed by atoms with E-state index in [1.54, 1.807) is 6.92 Å². The van der Waals surface area contributed by atoms with E-state index in [0.717, 1.165) is 36.7 Å². The molecule has 3 rings (SSSR count). The predicted molar refractivity (Wildman–Crippen MR) is 94.7 cm³/mol. The van der Waals surface area contributed by atoms with Gasteiger partial charge in [0.05, 0.1) is 10.5 Å². The smallest absolute Gasteiger partial charge is 0.216 e. The van der Waals surface area contributed by atoms with E-state index in [9.17, 15) is 4.79 Å². The molecule has 2 heterocycles. The predicted octanol–water partition coefficient (Wildman–Crippen LogP) is 3.48. The number of halogens is 1. The van der Waals surface area contributed by atoms with Crippen LogP contribution < -0.4 is 5.32 Å². The van der Waals surface area contributed by atoms with E-state index in [1.807, 2.05) is 12.1 Å². The van der Waals surface area contributed by atoms with Crippen molar-refractivity contribution in [2.45, 2.75) is 33.2 Å². The summed E-state index contributed by atoms with van der Waals surface area (Å²) in [6.07, 6.45) is 2.37. The minimum atomic E-state index is 0.0585. The third-order valence-corrected chi connectivity index (χ3v) is 5.09. The fraction of sp³-hybridized carbons (Fsp3) is 0.500. The molecule has 4 nitrogen and oxygen atoms in total. The topological polar surface area (TPSA) is 48.1 Å². The Hall–Kier alpha value is -1.52. The molecule has 1 aromatic heterocycles. The summed E-state index contributed by atoms with van der Waals surface area (Å²) in [7, 11) is 0. The van der Waals surface area contributed by atoms with Crippen LogP contribution in [0.4, 0.5) is 0 Å². The minimum Gasteiger partial charge on any atom is -0.356 e. The molecule has 5 heteroatoms. The third kappa shape index (κ3) is 3.70. The van der Waals surface area contributed by atoms with Crippen LogP contribution in [-0.4, -0.2) is 35.4 Å². The zero-order chi connectivity index (χ0) is 16.4. The van der Waals surface area contributed by atoms with Crippen molar-refractivity contribution in [2.75, 3.05) is 19.6 Å². The summed E-state index contributed by atoms with van der Waals surface area (Å²) in [6.45, 7) is 7.57. The lowest BCUT2D eigenvalue weighted by Crippen LogP contribution is -2.40. The summed E-state index contributed by atoms with van der Waals surface area (Å²) >= 11 is 6.29. The van der Waals surface area contributed by atoms with Gasteiger partial charge in [0.1, 0.15) is 0 Å². The van der Waals surface area contributed by atoms with Crippen molar-refractivity contribution < 1.29 is 4.79 Å². The van der Waals surface area contributed by atoms with E-state index < -0.39 is 0 Å². The molecule has 0 aliphatic carbocycles. The van der Waals surface area contributed by atoms with Gasteiger partial charge in [-0.3, -0.25) is 9.69 Å². The number of hydrogen-bond acceptors (Lipinski definition) is 2. The van der Waals surface area contributed by atoms with Gasteiger partial charge in [0.25, 0.3) is 0 Å². The van der Waals surface area contributed by atoms with E-state index in [2.05, 4.69) is 28.2 Å². The number of nitrogens with zero attached hydrogens (tertiary/aromatic N) is 1. The standard InChI is InChI=1S/C18H24ClN3O/c1-12-15-6-3-7-16(19)18(15)21-17(12)11-22-8-4-5-14(10-22)9-20-13(2)23/h3,6-7,14,21H,4-5,8-11H2,1-2H3,(H,20,23)/t14-/m0/s1. The summed E-state index contributed by atoms with van der Waals surface area (Å²) in [6, 6.07) is 6.04. The Bertz CT molecular complexity index is 710. The number of rotatable bonds is 4. The van der Waals surface area contributed by atoms with Gasteiger partial charge in [-0.15, -0.1) is 0 Å². The second-order valence-corrected chi connectivity index (χ2v) is 6.98. The molecule has 0 bridgehead atoms. The summed E-state index contributed by atoms with van der Waals surface area (Å²) < 4.78 is 0. The van der Waals surface area contributed by atoms with Gasteiger partial charge in [-0.05, 0) is 43.9 Å². The summed E-state index contributed by atoms with van der Waals surface area (Å²) in [4.78, 5) is 17.1. The molecule has 1 aliphatic heterocycles. The zero-order valence-corrected chi connectivity index (χ0v) is 14.5. The Morgan fingerprint density at radius 3 is 3.04 bits per heavy atom. The molecule has 0 unspecified atom stereocenters. The number of H-pyrrole nitrogens is 1. The van der Waals surface area contributed by atoms with Crippen LogP contribution in [0, 0.1) is 12.8 Å². The van der Waals surface area contributed by atoms with Gasteiger partial charge < -0.3 is 10.3 Å². The Kier molecular flexibility index (Phi) is 4.93. The molecule has 1 atom stereocenters. The first kappa shape index (κ1) is 16.3. The van der Waals surface area contributed by atoms with E-state index >= 15 is 0 Å². The van der Waals surface area contributed by atoms with Crippen molar-refractivity contribution in [2.24, 2.45) is 5.92 Å². The van der Waals surface area contributed by atoms with Crippen LogP contribution in [-0.2, 0) is 11.3 Å². The summed E-state index contributed by atoms with van der Waals surface area (Å²) in [5.41, 5.74) is 3.56. The lowest BCUT2D eigenvalue weighted by atomic mass is 9.97. The van der Waals surface area contributed by atoms with E-state index in [-0.39, 0.29) is 5.91 Å². The fourth-order valence-electron chi connectivity index (χ4n) is 3.50.